The van der Waals surface area contributed by atoms with Crippen molar-refractivity contribution in [3.63, 3.8) is 0 Å². The van der Waals surface area contributed by atoms with Crippen LogP contribution in [-0.2, 0) is 17.4 Å². The molecular weight excluding hydrogens is 268 g/mol. The first-order valence-corrected chi connectivity index (χ1v) is 7.99. The second kappa shape index (κ2) is 5.89. The van der Waals surface area contributed by atoms with Crippen molar-refractivity contribution >= 4 is 0 Å². The molecule has 0 bridgehead atoms. The van der Waals surface area contributed by atoms with Crippen LogP contribution in [0.3, 0.4) is 0 Å². The lowest BCUT2D eigenvalue weighted by atomic mass is 9.75. The van der Waals surface area contributed by atoms with E-state index < -0.39 is 0 Å². The van der Waals surface area contributed by atoms with Crippen LogP contribution in [0.2, 0.25) is 0 Å². The van der Waals surface area contributed by atoms with Gasteiger partial charge < -0.3 is 5.11 Å². The first-order valence-electron chi connectivity index (χ1n) is 7.99. The van der Waals surface area contributed by atoms with Gasteiger partial charge in [0, 0.05) is 0 Å². The number of hydrogen-bond donors (Lipinski definition) is 1. The summed E-state index contributed by atoms with van der Waals surface area (Å²) in [4.78, 5) is 0. The monoisotopic (exact) mass is 296 g/mol. The molecule has 1 N–H and O–H groups in total. The maximum atomic E-state index is 9.96. The summed E-state index contributed by atoms with van der Waals surface area (Å²) < 4.78 is 0. The molecule has 2 aromatic rings. The van der Waals surface area contributed by atoms with Gasteiger partial charge in [-0.15, -0.1) is 0 Å². The first kappa shape index (κ1) is 16.8. The van der Waals surface area contributed by atoms with E-state index in [1.165, 1.54) is 22.3 Å². The van der Waals surface area contributed by atoms with E-state index in [0.717, 1.165) is 5.56 Å². The van der Waals surface area contributed by atoms with Gasteiger partial charge in [-0.3, -0.25) is 0 Å². The van der Waals surface area contributed by atoms with E-state index in [2.05, 4.69) is 77.9 Å². The third kappa shape index (κ3) is 3.41. The SMILES string of the molecule is CC(C)(C)c1cc(CO)c(-c2ccccc2)c(C(C)(C)C)c1. The predicted molar refractivity (Wildman–Crippen MR) is 95.2 cm³/mol. The second-order valence-corrected chi connectivity index (χ2v) is 8.08. The molecule has 118 valence electrons. The molecule has 0 aliphatic carbocycles. The molecule has 0 radical (unpaired) electrons. The summed E-state index contributed by atoms with van der Waals surface area (Å²) in [7, 11) is 0. The highest BCUT2D eigenvalue weighted by atomic mass is 16.3. The maximum Gasteiger partial charge on any atom is 0.0688 e. The van der Waals surface area contributed by atoms with Gasteiger partial charge in [0.2, 0.25) is 0 Å². The minimum Gasteiger partial charge on any atom is -0.392 e. The molecule has 22 heavy (non-hydrogen) atoms. The van der Waals surface area contributed by atoms with Crippen LogP contribution in [0.4, 0.5) is 0 Å². The zero-order chi connectivity index (χ0) is 16.5. The van der Waals surface area contributed by atoms with E-state index in [9.17, 15) is 5.11 Å². The summed E-state index contributed by atoms with van der Waals surface area (Å²) >= 11 is 0. The Kier molecular flexibility index (Phi) is 4.49. The van der Waals surface area contributed by atoms with Crippen LogP contribution in [0.25, 0.3) is 11.1 Å². The van der Waals surface area contributed by atoms with Crippen molar-refractivity contribution in [1.29, 1.82) is 0 Å². The number of rotatable bonds is 2. The highest BCUT2D eigenvalue weighted by Gasteiger charge is 2.25. The fourth-order valence-corrected chi connectivity index (χ4v) is 2.80. The number of aliphatic hydroxyl groups is 1. The van der Waals surface area contributed by atoms with Gasteiger partial charge in [-0.25, -0.2) is 0 Å². The molecule has 0 saturated carbocycles. The summed E-state index contributed by atoms with van der Waals surface area (Å²) in [6, 6.07) is 14.9. The number of benzene rings is 2. The minimum atomic E-state index is 0.0242. The molecule has 0 heterocycles. The zero-order valence-corrected chi connectivity index (χ0v) is 14.7. The minimum absolute atomic E-state index is 0.0242. The Hall–Kier alpha value is -1.60. The van der Waals surface area contributed by atoms with Crippen LogP contribution >= 0.6 is 0 Å². The van der Waals surface area contributed by atoms with Crippen LogP contribution in [0, 0.1) is 0 Å². The van der Waals surface area contributed by atoms with Crippen molar-refractivity contribution in [3.8, 4) is 11.1 Å². The van der Waals surface area contributed by atoms with Gasteiger partial charge in [0.1, 0.15) is 0 Å². The molecule has 0 unspecified atom stereocenters. The van der Waals surface area contributed by atoms with Crippen molar-refractivity contribution in [2.45, 2.75) is 59.0 Å². The van der Waals surface area contributed by atoms with Crippen LogP contribution in [0.5, 0.6) is 0 Å². The normalized spacial score (nSPS) is 12.5. The summed E-state index contributed by atoms with van der Waals surface area (Å²) in [5.74, 6) is 0. The summed E-state index contributed by atoms with van der Waals surface area (Å²) in [6.45, 7) is 13.4. The third-order valence-electron chi connectivity index (χ3n) is 4.13. The van der Waals surface area contributed by atoms with Gasteiger partial charge in [0.15, 0.2) is 0 Å². The molecule has 2 aromatic carbocycles. The number of hydrogen-bond acceptors (Lipinski definition) is 1. The molecule has 0 atom stereocenters. The summed E-state index contributed by atoms with van der Waals surface area (Å²) in [6.07, 6.45) is 0. The van der Waals surface area contributed by atoms with Crippen molar-refractivity contribution in [2.24, 2.45) is 0 Å². The molecule has 0 aliphatic rings. The fraction of sp³-hybridized carbons (Fsp3) is 0.429. The highest BCUT2D eigenvalue weighted by Crippen LogP contribution is 2.39. The largest absolute Gasteiger partial charge is 0.392 e. The molecule has 0 spiro atoms. The lowest BCUT2D eigenvalue weighted by Crippen LogP contribution is -2.19. The number of aliphatic hydroxyl groups excluding tert-OH is 1. The molecule has 0 amide bonds. The average Bonchev–Trinajstić information content (AvgIpc) is 2.44. The molecule has 1 heteroatoms. The van der Waals surface area contributed by atoms with E-state index >= 15 is 0 Å². The Morgan fingerprint density at radius 3 is 1.86 bits per heavy atom. The van der Waals surface area contributed by atoms with Gasteiger partial charge >= 0.3 is 0 Å². The third-order valence-corrected chi connectivity index (χ3v) is 4.13. The van der Waals surface area contributed by atoms with E-state index in [1.54, 1.807) is 0 Å². The lowest BCUT2D eigenvalue weighted by Gasteiger charge is -2.29. The van der Waals surface area contributed by atoms with Crippen LogP contribution < -0.4 is 0 Å². The topological polar surface area (TPSA) is 20.2 Å². The Labute approximate surface area is 135 Å². The molecular formula is C21H28O. The average molecular weight is 296 g/mol. The van der Waals surface area contributed by atoms with E-state index in [1.807, 2.05) is 6.07 Å². The van der Waals surface area contributed by atoms with Crippen LogP contribution in [0.1, 0.15) is 58.2 Å². The lowest BCUT2D eigenvalue weighted by molar-refractivity contribution is 0.282. The van der Waals surface area contributed by atoms with E-state index in [0.29, 0.717) is 0 Å². The molecule has 1 nitrogen and oxygen atoms in total. The van der Waals surface area contributed by atoms with Crippen LogP contribution in [-0.4, -0.2) is 5.11 Å². The Morgan fingerprint density at radius 2 is 1.41 bits per heavy atom. The molecule has 0 fully saturated rings. The van der Waals surface area contributed by atoms with Crippen molar-refractivity contribution in [1.82, 2.24) is 0 Å². The van der Waals surface area contributed by atoms with Gasteiger partial charge in [-0.1, -0.05) is 84.0 Å². The molecule has 0 saturated heterocycles. The van der Waals surface area contributed by atoms with Gasteiger partial charge in [0.25, 0.3) is 0 Å². The van der Waals surface area contributed by atoms with Crippen molar-refractivity contribution in [2.75, 3.05) is 0 Å². The highest BCUT2D eigenvalue weighted by molar-refractivity contribution is 5.73. The van der Waals surface area contributed by atoms with Gasteiger partial charge in [0.05, 0.1) is 6.61 Å². The van der Waals surface area contributed by atoms with Crippen LogP contribution in [0.15, 0.2) is 42.5 Å². The predicted octanol–water partition coefficient (Wildman–Crippen LogP) is 5.44. The maximum absolute atomic E-state index is 9.96. The Bertz CT molecular complexity index is 640. The fourth-order valence-electron chi connectivity index (χ4n) is 2.80. The van der Waals surface area contributed by atoms with E-state index in [4.69, 9.17) is 0 Å². The quantitative estimate of drug-likeness (QED) is 0.782. The summed E-state index contributed by atoms with van der Waals surface area (Å²) in [5.41, 5.74) is 6.05. The molecule has 0 aliphatic heterocycles. The second-order valence-electron chi connectivity index (χ2n) is 8.08. The van der Waals surface area contributed by atoms with Crippen molar-refractivity contribution < 1.29 is 5.11 Å². The first-order chi connectivity index (χ1) is 10.1. The Morgan fingerprint density at radius 1 is 0.818 bits per heavy atom. The molecule has 2 rings (SSSR count). The van der Waals surface area contributed by atoms with Crippen molar-refractivity contribution in [3.05, 3.63) is 59.2 Å². The smallest absolute Gasteiger partial charge is 0.0688 e. The standard InChI is InChI=1S/C21H28O/c1-20(2,3)17-12-16(14-22)19(15-10-8-7-9-11-15)18(13-17)21(4,5)6/h7-13,22H,14H2,1-6H3. The Balaban J connectivity index is 2.81. The zero-order valence-electron chi connectivity index (χ0n) is 14.7. The van der Waals surface area contributed by atoms with Gasteiger partial charge in [-0.2, -0.15) is 0 Å². The molecule has 0 aromatic heterocycles. The summed E-state index contributed by atoms with van der Waals surface area (Å²) in [5, 5.41) is 9.96. The van der Waals surface area contributed by atoms with E-state index in [-0.39, 0.29) is 17.4 Å². The van der Waals surface area contributed by atoms with Gasteiger partial charge in [-0.05, 0) is 38.6 Å².